The molecule has 0 saturated carbocycles. The number of para-hydroxylation sites is 1. The van der Waals surface area contributed by atoms with Crippen molar-refractivity contribution < 1.29 is 19.1 Å². The Morgan fingerprint density at radius 2 is 1.69 bits per heavy atom. The molecule has 1 saturated heterocycles. The Hall–Kier alpha value is -3.10. The summed E-state index contributed by atoms with van der Waals surface area (Å²) in [7, 11) is 0. The molecule has 0 atom stereocenters. The van der Waals surface area contributed by atoms with Gasteiger partial charge in [0.05, 0.1) is 12.0 Å². The van der Waals surface area contributed by atoms with Crippen LogP contribution in [-0.2, 0) is 20.9 Å². The number of piperidine rings is 1. The molecule has 0 spiro atoms. The maximum Gasteiger partial charge on any atom is 0.411 e. The summed E-state index contributed by atoms with van der Waals surface area (Å²) in [5, 5.41) is 6.13. The third-order valence-corrected chi connectivity index (χ3v) is 6.00. The predicted octanol–water partition coefficient (Wildman–Crippen LogP) is 2.77. The molecule has 3 amide bonds. The number of nitrogens with two attached hydrogens (primary N) is 1. The van der Waals surface area contributed by atoms with Crippen LogP contribution in [-0.4, -0.2) is 49.0 Å². The number of carbonyl (C=O) groups is 3. The lowest BCUT2D eigenvalue weighted by Crippen LogP contribution is -2.53. The zero-order chi connectivity index (χ0) is 23.0. The number of nitrogens with one attached hydrogen (secondary N) is 2. The molecule has 9 heteroatoms. The Morgan fingerprint density at radius 1 is 1.03 bits per heavy atom. The summed E-state index contributed by atoms with van der Waals surface area (Å²) in [6.07, 6.45) is 0.0622. The van der Waals surface area contributed by atoms with Gasteiger partial charge in [0.2, 0.25) is 11.8 Å². The third-order valence-electron chi connectivity index (χ3n) is 5.63. The van der Waals surface area contributed by atoms with Crippen molar-refractivity contribution in [2.45, 2.75) is 19.4 Å². The molecule has 170 valence electrons. The fraction of sp³-hybridized carbons (Fsp3) is 0.348. The van der Waals surface area contributed by atoms with E-state index < -0.39 is 11.5 Å². The van der Waals surface area contributed by atoms with Crippen LogP contribution < -0.4 is 16.4 Å². The lowest BCUT2D eigenvalue weighted by Gasteiger charge is -2.40. The Morgan fingerprint density at radius 3 is 2.34 bits per heavy atom. The van der Waals surface area contributed by atoms with Gasteiger partial charge in [-0.3, -0.25) is 14.9 Å². The van der Waals surface area contributed by atoms with E-state index in [2.05, 4.69) is 10.6 Å². The molecule has 32 heavy (non-hydrogen) atoms. The van der Waals surface area contributed by atoms with Crippen molar-refractivity contribution in [1.29, 1.82) is 0 Å². The number of nitrogens with zero attached hydrogens (tertiary/aromatic N) is 1. The number of anilines is 1. The van der Waals surface area contributed by atoms with Crippen molar-refractivity contribution in [1.82, 2.24) is 10.2 Å². The monoisotopic (exact) mass is 458 g/mol. The number of rotatable bonds is 7. The minimum absolute atomic E-state index is 0.0817. The Labute approximate surface area is 192 Å². The molecule has 2 aromatic rings. The average Bonchev–Trinajstić information content (AvgIpc) is 2.82. The van der Waals surface area contributed by atoms with E-state index in [0.29, 0.717) is 36.6 Å². The average molecular weight is 459 g/mol. The fourth-order valence-corrected chi connectivity index (χ4v) is 3.84. The summed E-state index contributed by atoms with van der Waals surface area (Å²) in [6, 6.07) is 16.2. The minimum Gasteiger partial charge on any atom is -0.448 e. The standard InChI is InChI=1S/C23H27ClN4O4/c24-19-9-5-4-6-17(19)15-26-21(30)23(10-12-28(13-11-23)20(29)14-25)16-32-22(31)27-18-7-2-1-3-8-18/h1-9H,10-16,25H2,(H,26,30)(H,27,31). The van der Waals surface area contributed by atoms with E-state index in [0.717, 1.165) is 5.56 Å². The maximum absolute atomic E-state index is 13.2. The normalized spacial score (nSPS) is 15.0. The van der Waals surface area contributed by atoms with Gasteiger partial charge in [0.1, 0.15) is 6.61 Å². The van der Waals surface area contributed by atoms with Crippen LogP contribution in [0.15, 0.2) is 54.6 Å². The van der Waals surface area contributed by atoms with Crippen molar-refractivity contribution >= 4 is 35.2 Å². The van der Waals surface area contributed by atoms with E-state index in [-0.39, 0.29) is 31.5 Å². The number of halogens is 1. The number of hydrogen-bond acceptors (Lipinski definition) is 5. The van der Waals surface area contributed by atoms with Crippen LogP contribution in [0.3, 0.4) is 0 Å². The van der Waals surface area contributed by atoms with Gasteiger partial charge in [0.15, 0.2) is 0 Å². The van der Waals surface area contributed by atoms with Crippen LogP contribution in [0.2, 0.25) is 5.02 Å². The van der Waals surface area contributed by atoms with Crippen LogP contribution in [0.25, 0.3) is 0 Å². The molecular formula is C23H27ClN4O4. The van der Waals surface area contributed by atoms with E-state index in [1.54, 1.807) is 35.2 Å². The van der Waals surface area contributed by atoms with Gasteiger partial charge in [0, 0.05) is 30.3 Å². The highest BCUT2D eigenvalue weighted by Crippen LogP contribution is 2.33. The van der Waals surface area contributed by atoms with Crippen molar-refractivity contribution in [3.63, 3.8) is 0 Å². The first-order chi connectivity index (χ1) is 15.4. The van der Waals surface area contributed by atoms with E-state index in [1.165, 1.54) is 0 Å². The Bertz CT molecular complexity index is 946. The number of carbonyl (C=O) groups excluding carboxylic acids is 3. The van der Waals surface area contributed by atoms with Gasteiger partial charge >= 0.3 is 6.09 Å². The van der Waals surface area contributed by atoms with E-state index in [9.17, 15) is 14.4 Å². The van der Waals surface area contributed by atoms with Crippen LogP contribution in [0, 0.1) is 5.41 Å². The Balaban J connectivity index is 1.66. The highest BCUT2D eigenvalue weighted by molar-refractivity contribution is 6.31. The summed E-state index contributed by atoms with van der Waals surface area (Å²) in [4.78, 5) is 39.1. The molecule has 1 aliphatic rings. The van der Waals surface area contributed by atoms with Crippen molar-refractivity contribution in [3.05, 3.63) is 65.2 Å². The molecule has 0 aromatic heterocycles. The van der Waals surface area contributed by atoms with Crippen molar-refractivity contribution in [3.8, 4) is 0 Å². The van der Waals surface area contributed by atoms with Crippen molar-refractivity contribution in [2.75, 3.05) is 31.6 Å². The van der Waals surface area contributed by atoms with Crippen LogP contribution in [0.5, 0.6) is 0 Å². The summed E-state index contributed by atoms with van der Waals surface area (Å²) < 4.78 is 5.44. The van der Waals surface area contributed by atoms with Crippen molar-refractivity contribution in [2.24, 2.45) is 11.1 Å². The second-order valence-electron chi connectivity index (χ2n) is 7.71. The van der Waals surface area contributed by atoms with Gasteiger partial charge in [-0.05, 0) is 36.6 Å². The quantitative estimate of drug-likeness (QED) is 0.590. The summed E-state index contributed by atoms with van der Waals surface area (Å²) in [6.45, 7) is 0.784. The molecule has 1 fully saturated rings. The minimum atomic E-state index is -0.958. The van der Waals surface area contributed by atoms with Gasteiger partial charge in [-0.15, -0.1) is 0 Å². The second-order valence-corrected chi connectivity index (χ2v) is 8.11. The number of hydrogen-bond donors (Lipinski definition) is 3. The largest absolute Gasteiger partial charge is 0.448 e. The SMILES string of the molecule is NCC(=O)N1CCC(COC(=O)Nc2ccccc2)(C(=O)NCc2ccccc2Cl)CC1. The first kappa shape index (κ1) is 23.6. The number of likely N-dealkylation sites (tertiary alicyclic amines) is 1. The number of ether oxygens (including phenoxy) is 1. The van der Waals surface area contributed by atoms with Crippen LogP contribution in [0.4, 0.5) is 10.5 Å². The van der Waals surface area contributed by atoms with E-state index in [1.807, 2.05) is 24.3 Å². The van der Waals surface area contributed by atoms with E-state index in [4.69, 9.17) is 22.1 Å². The zero-order valence-electron chi connectivity index (χ0n) is 17.7. The first-order valence-electron chi connectivity index (χ1n) is 10.4. The zero-order valence-corrected chi connectivity index (χ0v) is 18.4. The lowest BCUT2D eigenvalue weighted by atomic mass is 9.78. The van der Waals surface area contributed by atoms with Crippen LogP contribution >= 0.6 is 11.6 Å². The van der Waals surface area contributed by atoms with E-state index >= 15 is 0 Å². The molecule has 0 unspecified atom stereocenters. The highest BCUT2D eigenvalue weighted by atomic mass is 35.5. The van der Waals surface area contributed by atoms with Gasteiger partial charge < -0.3 is 20.7 Å². The molecular weight excluding hydrogens is 432 g/mol. The third kappa shape index (κ3) is 5.99. The molecule has 1 aliphatic heterocycles. The fourth-order valence-electron chi connectivity index (χ4n) is 3.63. The molecule has 3 rings (SSSR count). The summed E-state index contributed by atoms with van der Waals surface area (Å²) >= 11 is 6.19. The van der Waals surface area contributed by atoms with Gasteiger partial charge in [0.25, 0.3) is 0 Å². The predicted molar refractivity (Wildman–Crippen MR) is 122 cm³/mol. The molecule has 2 aromatic carbocycles. The van der Waals surface area contributed by atoms with Gasteiger partial charge in [-0.2, -0.15) is 0 Å². The summed E-state index contributed by atoms with van der Waals surface area (Å²) in [5.41, 5.74) is 5.89. The van der Waals surface area contributed by atoms with Crippen LogP contribution in [0.1, 0.15) is 18.4 Å². The maximum atomic E-state index is 13.2. The first-order valence-corrected chi connectivity index (χ1v) is 10.8. The second kappa shape index (κ2) is 11.0. The Kier molecular flexibility index (Phi) is 8.08. The lowest BCUT2D eigenvalue weighted by molar-refractivity contribution is -0.142. The molecule has 1 heterocycles. The smallest absolute Gasteiger partial charge is 0.411 e. The topological polar surface area (TPSA) is 114 Å². The van der Waals surface area contributed by atoms with Gasteiger partial charge in [-0.25, -0.2) is 4.79 Å². The van der Waals surface area contributed by atoms with Gasteiger partial charge in [-0.1, -0.05) is 48.0 Å². The summed E-state index contributed by atoms with van der Waals surface area (Å²) in [5.74, 6) is -0.414. The highest BCUT2D eigenvalue weighted by Gasteiger charge is 2.43. The molecule has 0 bridgehead atoms. The molecule has 4 N–H and O–H groups in total. The molecule has 0 aliphatic carbocycles. The number of benzene rings is 2. The molecule has 8 nitrogen and oxygen atoms in total. The molecule has 0 radical (unpaired) electrons. The number of amides is 3.